The number of hydrogen-bond acceptors (Lipinski definition) is 3. The van der Waals surface area contributed by atoms with Gasteiger partial charge in [0.05, 0.1) is 12.2 Å². The summed E-state index contributed by atoms with van der Waals surface area (Å²) in [6.45, 7) is 20.1. The lowest BCUT2D eigenvalue weighted by atomic mass is 10.0. The standard InChI is InChI=1S/C25H48O3Si/c1-10-25(28-29(20(4)5,21(6)7)22(8)9)17-12-11-15-23(26)18-24(27)16-13-14-19(2)3/h12,14,17,20-22,24-25,27H,10-11,13,15-16,18H2,1-9H3/b17-12-/t24-,25+/m1/s1. The zero-order valence-electron chi connectivity index (χ0n) is 20.6. The molecule has 170 valence electrons. The van der Waals surface area contributed by atoms with Gasteiger partial charge in [-0.1, -0.05) is 72.3 Å². The second-order valence-corrected chi connectivity index (χ2v) is 15.0. The normalized spacial score (nSPS) is 14.8. The maximum absolute atomic E-state index is 12.1. The minimum atomic E-state index is -1.89. The second-order valence-electron chi connectivity index (χ2n) is 9.60. The molecule has 0 fully saturated rings. The number of carbonyl (C=O) groups is 1. The van der Waals surface area contributed by atoms with Crippen molar-refractivity contribution in [2.45, 2.75) is 130 Å². The molecule has 0 heterocycles. The molecule has 0 radical (unpaired) electrons. The summed E-state index contributed by atoms with van der Waals surface area (Å²) < 4.78 is 6.83. The van der Waals surface area contributed by atoms with Crippen LogP contribution in [0, 0.1) is 0 Å². The van der Waals surface area contributed by atoms with Gasteiger partial charge in [0.1, 0.15) is 5.78 Å². The van der Waals surface area contributed by atoms with Gasteiger partial charge in [-0.2, -0.15) is 0 Å². The molecule has 1 N–H and O–H groups in total. The smallest absolute Gasteiger partial charge is 0.201 e. The van der Waals surface area contributed by atoms with Crippen LogP contribution in [0.4, 0.5) is 0 Å². The molecular formula is C25H48O3Si. The molecule has 0 amide bonds. The highest BCUT2D eigenvalue weighted by Gasteiger charge is 2.46. The van der Waals surface area contributed by atoms with Crippen molar-refractivity contribution in [1.29, 1.82) is 0 Å². The quantitative estimate of drug-likeness (QED) is 0.221. The highest BCUT2D eigenvalue weighted by atomic mass is 28.4. The molecule has 0 spiro atoms. The van der Waals surface area contributed by atoms with Crippen LogP contribution in [0.3, 0.4) is 0 Å². The van der Waals surface area contributed by atoms with E-state index >= 15 is 0 Å². The predicted octanol–water partition coefficient (Wildman–Crippen LogP) is 7.36. The summed E-state index contributed by atoms with van der Waals surface area (Å²) in [5.41, 5.74) is 2.96. The number of Topliss-reactive ketones (excluding diaryl/α,β-unsaturated/α-hetero) is 1. The Balaban J connectivity index is 4.64. The molecule has 2 atom stereocenters. The Labute approximate surface area is 182 Å². The number of ketones is 1. The first-order chi connectivity index (χ1) is 13.5. The van der Waals surface area contributed by atoms with Gasteiger partial charge in [0.15, 0.2) is 0 Å². The summed E-state index contributed by atoms with van der Waals surface area (Å²) in [6, 6.07) is 0. The fourth-order valence-corrected chi connectivity index (χ4v) is 10.0. The van der Waals surface area contributed by atoms with Crippen molar-refractivity contribution >= 4 is 14.1 Å². The van der Waals surface area contributed by atoms with Gasteiger partial charge in [-0.05, 0) is 56.2 Å². The maximum Gasteiger partial charge on any atom is 0.201 e. The van der Waals surface area contributed by atoms with E-state index in [9.17, 15) is 9.90 Å². The van der Waals surface area contributed by atoms with Crippen LogP contribution in [-0.2, 0) is 9.22 Å². The Kier molecular flexibility index (Phi) is 14.0. The SMILES string of the molecule is CC[C@@H](/C=C\CCC(=O)C[C@H](O)CCC=C(C)C)O[Si](C(C)C)(C(C)C)C(C)C. The van der Waals surface area contributed by atoms with Crippen molar-refractivity contribution in [2.75, 3.05) is 0 Å². The molecule has 0 rings (SSSR count). The van der Waals surface area contributed by atoms with Crippen molar-refractivity contribution in [2.24, 2.45) is 0 Å². The third kappa shape index (κ3) is 10.2. The fourth-order valence-electron chi connectivity index (χ4n) is 4.45. The first kappa shape index (κ1) is 28.3. The van der Waals surface area contributed by atoms with Gasteiger partial charge in [0.2, 0.25) is 8.32 Å². The summed E-state index contributed by atoms with van der Waals surface area (Å²) in [6.07, 6.45) is 9.89. The lowest BCUT2D eigenvalue weighted by molar-refractivity contribution is -0.120. The molecule has 0 aliphatic rings. The van der Waals surface area contributed by atoms with Crippen LogP contribution in [0.5, 0.6) is 0 Å². The molecule has 29 heavy (non-hydrogen) atoms. The maximum atomic E-state index is 12.1. The van der Waals surface area contributed by atoms with Crippen LogP contribution in [0.1, 0.15) is 101 Å². The Morgan fingerprint density at radius 2 is 1.55 bits per heavy atom. The van der Waals surface area contributed by atoms with Crippen molar-refractivity contribution in [3.8, 4) is 0 Å². The highest BCUT2D eigenvalue weighted by molar-refractivity contribution is 6.77. The summed E-state index contributed by atoms with van der Waals surface area (Å²) in [5.74, 6) is 0.142. The van der Waals surface area contributed by atoms with E-state index < -0.39 is 14.4 Å². The van der Waals surface area contributed by atoms with Gasteiger partial charge < -0.3 is 9.53 Å². The predicted molar refractivity (Wildman–Crippen MR) is 129 cm³/mol. The van der Waals surface area contributed by atoms with E-state index in [2.05, 4.69) is 66.7 Å². The molecule has 0 saturated carbocycles. The molecule has 0 aliphatic carbocycles. The van der Waals surface area contributed by atoms with E-state index in [-0.39, 0.29) is 18.3 Å². The molecule has 0 saturated heterocycles. The topological polar surface area (TPSA) is 46.5 Å². The third-order valence-corrected chi connectivity index (χ3v) is 12.0. The molecule has 3 nitrogen and oxygen atoms in total. The zero-order chi connectivity index (χ0) is 22.6. The Morgan fingerprint density at radius 3 is 2.00 bits per heavy atom. The monoisotopic (exact) mass is 424 g/mol. The average molecular weight is 425 g/mol. The summed E-state index contributed by atoms with van der Waals surface area (Å²) in [7, 11) is -1.89. The fraction of sp³-hybridized carbons (Fsp3) is 0.800. The van der Waals surface area contributed by atoms with Crippen molar-refractivity contribution < 1.29 is 14.3 Å². The van der Waals surface area contributed by atoms with E-state index in [0.29, 0.717) is 29.5 Å². The third-order valence-electron chi connectivity index (χ3n) is 5.92. The number of aliphatic hydroxyl groups excluding tert-OH is 1. The van der Waals surface area contributed by atoms with Gasteiger partial charge in [-0.15, -0.1) is 0 Å². The van der Waals surface area contributed by atoms with Crippen LogP contribution < -0.4 is 0 Å². The molecule has 4 heteroatoms. The Bertz CT molecular complexity index is 494. The van der Waals surface area contributed by atoms with Crippen molar-refractivity contribution in [3.63, 3.8) is 0 Å². The first-order valence-electron chi connectivity index (χ1n) is 11.6. The lowest BCUT2D eigenvalue weighted by Gasteiger charge is -2.44. The van der Waals surface area contributed by atoms with Crippen LogP contribution in [0.2, 0.25) is 16.6 Å². The number of allylic oxidation sites excluding steroid dienone is 3. The number of hydrogen-bond donors (Lipinski definition) is 1. The van der Waals surface area contributed by atoms with Crippen LogP contribution in [0.25, 0.3) is 0 Å². The summed E-state index contributed by atoms with van der Waals surface area (Å²) >= 11 is 0. The highest BCUT2D eigenvalue weighted by Crippen LogP contribution is 2.43. The minimum absolute atomic E-state index is 0.124. The molecule has 0 aromatic carbocycles. The molecule has 0 unspecified atom stereocenters. The second kappa shape index (κ2) is 14.3. The number of rotatable bonds is 15. The van der Waals surface area contributed by atoms with Gasteiger partial charge in [-0.3, -0.25) is 4.79 Å². The van der Waals surface area contributed by atoms with Crippen LogP contribution in [-0.4, -0.2) is 31.4 Å². The minimum Gasteiger partial charge on any atom is -0.410 e. The van der Waals surface area contributed by atoms with E-state index in [1.165, 1.54) is 5.57 Å². The molecular weight excluding hydrogens is 376 g/mol. The molecule has 0 bridgehead atoms. The van der Waals surface area contributed by atoms with Gasteiger partial charge in [0.25, 0.3) is 0 Å². The Morgan fingerprint density at radius 1 is 1.00 bits per heavy atom. The molecule has 0 aliphatic heterocycles. The van der Waals surface area contributed by atoms with Gasteiger partial charge in [0, 0.05) is 12.8 Å². The summed E-state index contributed by atoms with van der Waals surface area (Å²) in [4.78, 5) is 12.1. The Hall–Kier alpha value is -0.713. The van der Waals surface area contributed by atoms with Crippen LogP contribution >= 0.6 is 0 Å². The van der Waals surface area contributed by atoms with Gasteiger partial charge >= 0.3 is 0 Å². The lowest BCUT2D eigenvalue weighted by Crippen LogP contribution is -2.49. The molecule has 0 aromatic rings. The van der Waals surface area contributed by atoms with Gasteiger partial charge in [-0.25, -0.2) is 0 Å². The average Bonchev–Trinajstić information content (AvgIpc) is 2.59. The largest absolute Gasteiger partial charge is 0.410 e. The molecule has 0 aromatic heterocycles. The van der Waals surface area contributed by atoms with E-state index in [4.69, 9.17) is 4.43 Å². The number of carbonyl (C=O) groups excluding carboxylic acids is 1. The van der Waals surface area contributed by atoms with Crippen LogP contribution in [0.15, 0.2) is 23.8 Å². The van der Waals surface area contributed by atoms with Crippen molar-refractivity contribution in [3.05, 3.63) is 23.8 Å². The summed E-state index contributed by atoms with van der Waals surface area (Å²) in [5, 5.41) is 10.0. The van der Waals surface area contributed by atoms with Crippen molar-refractivity contribution in [1.82, 2.24) is 0 Å². The van der Waals surface area contributed by atoms with E-state index in [1.54, 1.807) is 0 Å². The van der Waals surface area contributed by atoms with E-state index in [1.807, 2.05) is 13.8 Å². The first-order valence-corrected chi connectivity index (χ1v) is 13.8. The van der Waals surface area contributed by atoms with E-state index in [0.717, 1.165) is 19.3 Å². The number of aliphatic hydroxyl groups is 1. The zero-order valence-corrected chi connectivity index (χ0v) is 21.6.